The lowest BCUT2D eigenvalue weighted by Gasteiger charge is -2.27. The molecule has 0 spiro atoms. The van der Waals surface area contributed by atoms with Crippen LogP contribution in [-0.4, -0.2) is 50.3 Å². The van der Waals surface area contributed by atoms with Crippen molar-refractivity contribution in [2.45, 2.75) is 32.1 Å². The third kappa shape index (κ3) is 5.79. The molecule has 6 rings (SSSR count). The lowest BCUT2D eigenvalue weighted by Crippen LogP contribution is -2.31. The van der Waals surface area contributed by atoms with E-state index < -0.39 is 17.6 Å². The number of rotatable bonds is 9. The predicted molar refractivity (Wildman–Crippen MR) is 149 cm³/mol. The van der Waals surface area contributed by atoms with E-state index in [1.165, 1.54) is 19.4 Å². The van der Waals surface area contributed by atoms with Gasteiger partial charge in [-0.2, -0.15) is 4.98 Å². The summed E-state index contributed by atoms with van der Waals surface area (Å²) in [5.74, 6) is -1.23. The Bertz CT molecular complexity index is 1780. The molecular weight excluding hydrogens is 568 g/mol. The molecule has 12 heteroatoms. The minimum atomic E-state index is -0.657. The summed E-state index contributed by atoms with van der Waals surface area (Å²) in [6.07, 6.45) is 3.83. The fraction of sp³-hybridized carbons (Fsp3) is 0.233. The summed E-state index contributed by atoms with van der Waals surface area (Å²) < 4.78 is 48.8. The minimum absolute atomic E-state index is 0.00425. The van der Waals surface area contributed by atoms with E-state index in [2.05, 4.69) is 19.9 Å². The first-order chi connectivity index (χ1) is 20.4. The highest BCUT2D eigenvalue weighted by Crippen LogP contribution is 2.28. The number of nitrogens with zero attached hydrogens (tertiary/aromatic N) is 5. The molecule has 1 aliphatic heterocycles. The number of hydrogen-bond acceptors (Lipinski definition) is 8. The number of esters is 1. The van der Waals surface area contributed by atoms with Crippen LogP contribution in [0.5, 0.6) is 6.01 Å². The second-order valence-corrected chi connectivity index (χ2v) is 10.1. The van der Waals surface area contributed by atoms with Crippen LogP contribution in [0, 0.1) is 11.6 Å². The predicted octanol–water partition coefficient (Wildman–Crippen LogP) is 5.57. The second kappa shape index (κ2) is 11.8. The first-order valence-electron chi connectivity index (χ1n) is 13.1. The number of carbonyl (C=O) groups is 1. The second-order valence-electron chi connectivity index (χ2n) is 9.72. The highest BCUT2D eigenvalue weighted by molar-refractivity contribution is 6.29. The van der Waals surface area contributed by atoms with Crippen molar-refractivity contribution < 1.29 is 27.8 Å². The molecular formula is C30H24ClF2N5O4. The maximum atomic E-state index is 15.5. The number of imidazole rings is 1. The number of methoxy groups -OCH3 is 1. The van der Waals surface area contributed by atoms with Gasteiger partial charge in [0.05, 0.1) is 42.0 Å². The number of carbonyl (C=O) groups excluding carboxylic acids is 1. The van der Waals surface area contributed by atoms with Gasteiger partial charge in [0.15, 0.2) is 0 Å². The van der Waals surface area contributed by atoms with Crippen LogP contribution in [-0.2, 0) is 29.0 Å². The molecule has 0 amide bonds. The molecule has 0 saturated carbocycles. The van der Waals surface area contributed by atoms with Crippen molar-refractivity contribution in [1.29, 1.82) is 0 Å². The van der Waals surface area contributed by atoms with Gasteiger partial charge in [0, 0.05) is 36.5 Å². The van der Waals surface area contributed by atoms with Crippen LogP contribution in [0.1, 0.15) is 33.7 Å². The van der Waals surface area contributed by atoms with Gasteiger partial charge in [-0.1, -0.05) is 17.7 Å². The molecule has 5 aromatic rings. The minimum Gasteiger partial charge on any atom is -0.465 e. The summed E-state index contributed by atoms with van der Waals surface area (Å²) in [5, 5.41) is 0.357. The van der Waals surface area contributed by atoms with Crippen LogP contribution in [0.15, 0.2) is 60.9 Å². The summed E-state index contributed by atoms with van der Waals surface area (Å²) in [5.41, 5.74) is 2.67. The summed E-state index contributed by atoms with van der Waals surface area (Å²) in [4.78, 5) is 29.1. The van der Waals surface area contributed by atoms with Crippen LogP contribution in [0.2, 0.25) is 5.15 Å². The number of pyridine rings is 1. The number of ether oxygens (including phenoxy) is 3. The van der Waals surface area contributed by atoms with Crippen LogP contribution >= 0.6 is 11.6 Å². The molecule has 42 heavy (non-hydrogen) atoms. The zero-order valence-electron chi connectivity index (χ0n) is 22.4. The molecule has 214 valence electrons. The van der Waals surface area contributed by atoms with Gasteiger partial charge >= 0.3 is 12.0 Å². The van der Waals surface area contributed by atoms with Gasteiger partial charge in [0.1, 0.15) is 29.2 Å². The maximum Gasteiger partial charge on any atom is 0.337 e. The molecule has 3 aromatic heterocycles. The molecule has 1 saturated heterocycles. The Morgan fingerprint density at radius 3 is 2.69 bits per heavy atom. The Kier molecular flexibility index (Phi) is 7.77. The molecule has 0 aliphatic carbocycles. The molecule has 9 nitrogen and oxygen atoms in total. The zero-order chi connectivity index (χ0) is 29.2. The number of halogens is 3. The van der Waals surface area contributed by atoms with Gasteiger partial charge in [0.25, 0.3) is 0 Å². The van der Waals surface area contributed by atoms with E-state index in [4.69, 9.17) is 25.8 Å². The summed E-state index contributed by atoms with van der Waals surface area (Å²) in [6.45, 7) is 1.25. The number of benzene rings is 2. The van der Waals surface area contributed by atoms with E-state index in [0.29, 0.717) is 40.7 Å². The van der Waals surface area contributed by atoms with Gasteiger partial charge in [-0.25, -0.2) is 28.5 Å². The Balaban J connectivity index is 1.27. The van der Waals surface area contributed by atoms with E-state index in [-0.39, 0.29) is 42.0 Å². The van der Waals surface area contributed by atoms with E-state index >= 15 is 8.78 Å². The first kappa shape index (κ1) is 27.7. The topological polar surface area (TPSA) is 101 Å². The summed E-state index contributed by atoms with van der Waals surface area (Å²) in [6, 6.07) is 12.1. The Hall–Kier alpha value is -4.48. The summed E-state index contributed by atoms with van der Waals surface area (Å²) in [7, 11) is 1.31. The molecule has 4 heterocycles. The van der Waals surface area contributed by atoms with Crippen molar-refractivity contribution in [2.75, 3.05) is 13.7 Å². The molecule has 2 aromatic carbocycles. The van der Waals surface area contributed by atoms with Crippen molar-refractivity contribution in [1.82, 2.24) is 24.5 Å². The highest BCUT2D eigenvalue weighted by Gasteiger charge is 2.24. The first-order valence-corrected chi connectivity index (χ1v) is 13.5. The smallest absolute Gasteiger partial charge is 0.337 e. The van der Waals surface area contributed by atoms with Gasteiger partial charge in [0.2, 0.25) is 0 Å². The lowest BCUT2D eigenvalue weighted by atomic mass is 10.0. The molecule has 1 atom stereocenters. The van der Waals surface area contributed by atoms with Crippen LogP contribution < -0.4 is 4.74 Å². The number of hydrogen-bond donors (Lipinski definition) is 0. The van der Waals surface area contributed by atoms with Crippen LogP contribution in [0.25, 0.3) is 22.3 Å². The SMILES string of the molecule is COC(=O)c1ccc2nc(Cc3cc(F)c(-c4ccnc(OCc5ccc(Cl)nc5)n4)cc3F)n(C[C@@H]3CCO3)c2c1. The van der Waals surface area contributed by atoms with Crippen LogP contribution in [0.4, 0.5) is 8.78 Å². The van der Waals surface area contributed by atoms with E-state index in [1.807, 2.05) is 4.57 Å². The molecule has 1 fully saturated rings. The Morgan fingerprint density at radius 2 is 1.95 bits per heavy atom. The highest BCUT2D eigenvalue weighted by atomic mass is 35.5. The van der Waals surface area contributed by atoms with E-state index in [1.54, 1.807) is 36.5 Å². The Morgan fingerprint density at radius 1 is 1.10 bits per heavy atom. The van der Waals surface area contributed by atoms with Crippen LogP contribution in [0.3, 0.4) is 0 Å². The average molecular weight is 592 g/mol. The van der Waals surface area contributed by atoms with Gasteiger partial charge in [-0.3, -0.25) is 0 Å². The van der Waals surface area contributed by atoms with Crippen molar-refractivity contribution in [3.63, 3.8) is 0 Å². The molecule has 1 aliphatic rings. The lowest BCUT2D eigenvalue weighted by molar-refractivity contribution is -0.0589. The van der Waals surface area contributed by atoms with Gasteiger partial charge < -0.3 is 18.8 Å². The zero-order valence-corrected chi connectivity index (χ0v) is 23.1. The molecule has 0 unspecified atom stereocenters. The summed E-state index contributed by atoms with van der Waals surface area (Å²) >= 11 is 5.81. The average Bonchev–Trinajstić information content (AvgIpc) is 3.31. The van der Waals surface area contributed by atoms with Crippen molar-refractivity contribution in [2.24, 2.45) is 0 Å². The Labute approximate surface area is 244 Å². The standard InChI is InChI=1S/C30H24ClF2N5O4/c1-40-29(39)18-3-4-25-26(11-18)38(15-20-7-9-41-20)28(36-25)12-19-10-23(33)21(13-22(19)32)24-6-8-34-30(37-24)42-16-17-2-5-27(31)35-14-17/h2-6,8,10-11,13-14,20H,7,9,12,15-16H2,1H3/t20-/m0/s1. The molecule has 0 bridgehead atoms. The van der Waals surface area contributed by atoms with Crippen molar-refractivity contribution in [3.05, 3.63) is 100 Å². The largest absolute Gasteiger partial charge is 0.465 e. The number of aromatic nitrogens is 5. The normalized spacial score (nSPS) is 14.5. The fourth-order valence-electron chi connectivity index (χ4n) is 4.68. The van der Waals surface area contributed by atoms with E-state index in [9.17, 15) is 4.79 Å². The van der Waals surface area contributed by atoms with Crippen molar-refractivity contribution in [3.8, 4) is 17.3 Å². The fourth-order valence-corrected chi connectivity index (χ4v) is 4.79. The van der Waals surface area contributed by atoms with E-state index in [0.717, 1.165) is 24.1 Å². The quantitative estimate of drug-likeness (QED) is 0.162. The van der Waals surface area contributed by atoms with Gasteiger partial charge in [-0.15, -0.1) is 0 Å². The third-order valence-corrected chi connectivity index (χ3v) is 7.20. The number of fused-ring (bicyclic) bond motifs is 1. The monoisotopic (exact) mass is 591 g/mol. The molecule has 0 radical (unpaired) electrons. The van der Waals surface area contributed by atoms with Crippen molar-refractivity contribution >= 4 is 28.6 Å². The van der Waals surface area contributed by atoms with Gasteiger partial charge in [-0.05, 0) is 54.4 Å². The maximum absolute atomic E-state index is 15.5. The molecule has 0 N–H and O–H groups in total. The third-order valence-electron chi connectivity index (χ3n) is 6.98.